The van der Waals surface area contributed by atoms with Crippen LogP contribution in [0, 0.1) is 6.92 Å². The molecule has 0 aromatic carbocycles. The molecule has 1 saturated heterocycles. The number of β-lactam (4-membered cyclic amide) rings is 1. The highest BCUT2D eigenvalue weighted by Crippen LogP contribution is 2.40. The van der Waals surface area contributed by atoms with Crippen LogP contribution in [-0.4, -0.2) is 67.3 Å². The maximum absolute atomic E-state index is 12.6. The predicted octanol–water partition coefficient (Wildman–Crippen LogP) is 0.817. The average molecular weight is 487 g/mol. The fourth-order valence-corrected chi connectivity index (χ4v) is 4.65. The number of nitrogens with one attached hydrogen (secondary N) is 1. The average Bonchev–Trinajstić information content (AvgIpc) is 3.00. The normalized spacial score (nSPS) is 21.9. The van der Waals surface area contributed by atoms with Gasteiger partial charge in [-0.3, -0.25) is 24.0 Å². The molecular formula is C17H19BrN4O6S. The summed E-state index contributed by atoms with van der Waals surface area (Å²) in [4.78, 5) is 49.1. The lowest BCUT2D eigenvalue weighted by molar-refractivity contribution is -0.151. The number of halogens is 1. The zero-order valence-corrected chi connectivity index (χ0v) is 18.2. The molecule has 0 bridgehead atoms. The summed E-state index contributed by atoms with van der Waals surface area (Å²) in [6.07, 6.45) is 1.68. The first-order valence-electron chi connectivity index (χ1n) is 8.66. The number of aliphatic carboxylic acids is 1. The van der Waals surface area contributed by atoms with Gasteiger partial charge in [0.1, 0.15) is 29.8 Å². The number of amides is 2. The summed E-state index contributed by atoms with van der Waals surface area (Å²) in [5.41, 5.74) is 0.886. The van der Waals surface area contributed by atoms with Crippen molar-refractivity contribution in [3.8, 4) is 0 Å². The zero-order chi connectivity index (χ0) is 21.5. The Morgan fingerprint density at radius 2 is 2.17 bits per heavy atom. The number of hydrogen-bond acceptors (Lipinski definition) is 7. The molecule has 0 spiro atoms. The van der Waals surface area contributed by atoms with Crippen molar-refractivity contribution in [2.24, 2.45) is 0 Å². The molecule has 0 aliphatic carbocycles. The maximum Gasteiger partial charge on any atom is 0.352 e. The van der Waals surface area contributed by atoms with E-state index in [-0.39, 0.29) is 18.1 Å². The van der Waals surface area contributed by atoms with Gasteiger partial charge >= 0.3 is 11.9 Å². The van der Waals surface area contributed by atoms with E-state index >= 15 is 0 Å². The second-order valence-electron chi connectivity index (χ2n) is 6.65. The smallest absolute Gasteiger partial charge is 0.352 e. The van der Waals surface area contributed by atoms with Crippen molar-refractivity contribution in [2.45, 2.75) is 38.2 Å². The van der Waals surface area contributed by atoms with Gasteiger partial charge < -0.3 is 15.2 Å². The third kappa shape index (κ3) is 4.04. The van der Waals surface area contributed by atoms with Crippen LogP contribution in [0.4, 0.5) is 0 Å². The monoisotopic (exact) mass is 486 g/mol. The fraction of sp³-hybridized carbons (Fsp3) is 0.471. The molecule has 0 unspecified atom stereocenters. The minimum absolute atomic E-state index is 0.190. The van der Waals surface area contributed by atoms with Gasteiger partial charge in [0, 0.05) is 24.4 Å². The highest BCUT2D eigenvalue weighted by molar-refractivity contribution is 9.10. The van der Waals surface area contributed by atoms with Crippen LogP contribution < -0.4 is 5.32 Å². The van der Waals surface area contributed by atoms with Gasteiger partial charge in [-0.25, -0.2) is 4.79 Å². The van der Waals surface area contributed by atoms with Crippen molar-refractivity contribution in [1.82, 2.24) is 20.0 Å². The van der Waals surface area contributed by atoms with E-state index in [4.69, 9.17) is 4.74 Å². The van der Waals surface area contributed by atoms with Crippen LogP contribution in [0.15, 0.2) is 21.9 Å². The van der Waals surface area contributed by atoms with Crippen LogP contribution in [0.25, 0.3) is 0 Å². The van der Waals surface area contributed by atoms with Gasteiger partial charge in [0.25, 0.3) is 5.91 Å². The molecular weight excluding hydrogens is 468 g/mol. The number of rotatable bonds is 6. The molecule has 12 heteroatoms. The fourth-order valence-electron chi connectivity index (χ4n) is 3.03. The maximum atomic E-state index is 12.6. The van der Waals surface area contributed by atoms with Crippen LogP contribution in [0.1, 0.15) is 25.6 Å². The van der Waals surface area contributed by atoms with Gasteiger partial charge in [-0.05, 0) is 29.8 Å². The Morgan fingerprint density at radius 1 is 1.48 bits per heavy atom. The summed E-state index contributed by atoms with van der Waals surface area (Å²) in [6.45, 7) is 4.48. The number of hydrogen-bond donors (Lipinski definition) is 2. The lowest BCUT2D eigenvalue weighted by Gasteiger charge is -2.49. The lowest BCUT2D eigenvalue weighted by atomic mass is 10.0. The molecule has 1 aromatic heterocycles. The number of nitrogens with zero attached hydrogens (tertiary/aromatic N) is 3. The Kier molecular flexibility index (Phi) is 6.03. The Balaban J connectivity index is 1.72. The van der Waals surface area contributed by atoms with Crippen molar-refractivity contribution < 1.29 is 29.0 Å². The first-order chi connectivity index (χ1) is 13.6. The number of fused-ring (bicyclic) bond motifs is 1. The van der Waals surface area contributed by atoms with Crippen LogP contribution in [0.3, 0.4) is 0 Å². The Labute approximate surface area is 178 Å². The Hall–Kier alpha value is -2.34. The summed E-state index contributed by atoms with van der Waals surface area (Å²) in [5.74, 6) is -2.45. The minimum atomic E-state index is -1.28. The van der Waals surface area contributed by atoms with Crippen LogP contribution in [0.5, 0.6) is 0 Å². The number of carbonyl (C=O) groups is 4. The van der Waals surface area contributed by atoms with Gasteiger partial charge in [-0.2, -0.15) is 5.10 Å². The van der Waals surface area contributed by atoms with Crippen molar-refractivity contribution in [3.63, 3.8) is 0 Å². The molecule has 2 aliphatic heterocycles. The molecule has 3 rings (SSSR count). The summed E-state index contributed by atoms with van der Waals surface area (Å²) in [5, 5.41) is 15.9. The van der Waals surface area contributed by atoms with E-state index in [9.17, 15) is 24.3 Å². The number of esters is 1. The van der Waals surface area contributed by atoms with Gasteiger partial charge in [-0.1, -0.05) is 0 Å². The van der Waals surface area contributed by atoms with E-state index in [1.54, 1.807) is 20.0 Å². The standard InChI is InChI=1S/C17H19BrN4O6S/c1-7-11(18)4-21(20-7)8(2)14(24)19-12-15(25)22-13(17(26)27)10(5-28-9(3)23)6-29-16(12)22/h4,8,12,16H,5-6H2,1-3H3,(H,19,24)(H,26,27)/t8-,12-,16-/m0/s1. The van der Waals surface area contributed by atoms with Crippen molar-refractivity contribution in [3.05, 3.63) is 27.6 Å². The van der Waals surface area contributed by atoms with E-state index in [1.807, 2.05) is 0 Å². The second-order valence-corrected chi connectivity index (χ2v) is 8.61. The van der Waals surface area contributed by atoms with Crippen LogP contribution in [0.2, 0.25) is 0 Å². The molecule has 156 valence electrons. The molecule has 2 amide bonds. The number of thioether (sulfide) groups is 1. The zero-order valence-electron chi connectivity index (χ0n) is 15.8. The number of carboxylic acid groups (broad SMARTS) is 1. The first-order valence-corrected chi connectivity index (χ1v) is 10.5. The quantitative estimate of drug-likeness (QED) is 0.446. The number of ether oxygens (including phenoxy) is 1. The third-order valence-electron chi connectivity index (χ3n) is 4.63. The Bertz CT molecular complexity index is 910. The number of aromatic nitrogens is 2. The predicted molar refractivity (Wildman–Crippen MR) is 106 cm³/mol. The summed E-state index contributed by atoms with van der Waals surface area (Å²) in [6, 6.07) is -1.48. The highest BCUT2D eigenvalue weighted by Gasteiger charge is 2.54. The number of aryl methyl sites for hydroxylation is 1. The van der Waals surface area contributed by atoms with Crippen molar-refractivity contribution in [1.29, 1.82) is 0 Å². The molecule has 2 aliphatic rings. The molecule has 0 saturated carbocycles. The topological polar surface area (TPSA) is 131 Å². The van der Waals surface area contributed by atoms with Crippen molar-refractivity contribution in [2.75, 3.05) is 12.4 Å². The van der Waals surface area contributed by atoms with Gasteiger partial charge in [0.05, 0.1) is 10.2 Å². The van der Waals surface area contributed by atoms with Gasteiger partial charge in [-0.15, -0.1) is 11.8 Å². The van der Waals surface area contributed by atoms with Gasteiger partial charge in [0.15, 0.2) is 0 Å². The SMILES string of the molecule is CC(=O)OCC1=C(C(=O)O)N2C(=O)[C@H](NC(=O)[C@H](C)n3cc(Br)c(C)n3)[C@@H]2SC1. The van der Waals surface area contributed by atoms with E-state index in [2.05, 4.69) is 26.3 Å². The molecule has 1 fully saturated rings. The summed E-state index contributed by atoms with van der Waals surface area (Å²) < 4.78 is 7.15. The minimum Gasteiger partial charge on any atom is -0.477 e. The molecule has 1 aromatic rings. The molecule has 0 radical (unpaired) electrons. The molecule has 3 atom stereocenters. The molecule has 10 nitrogen and oxygen atoms in total. The molecule has 29 heavy (non-hydrogen) atoms. The largest absolute Gasteiger partial charge is 0.477 e. The van der Waals surface area contributed by atoms with Crippen molar-refractivity contribution >= 4 is 51.4 Å². The third-order valence-corrected chi connectivity index (χ3v) is 6.75. The first kappa shape index (κ1) is 21.4. The molecule has 3 heterocycles. The van der Waals surface area contributed by atoms with E-state index in [0.29, 0.717) is 5.57 Å². The van der Waals surface area contributed by atoms with Crippen LogP contribution >= 0.6 is 27.7 Å². The number of carboxylic acids is 1. The van der Waals surface area contributed by atoms with E-state index in [0.717, 1.165) is 15.1 Å². The lowest BCUT2D eigenvalue weighted by Crippen LogP contribution is -2.71. The Morgan fingerprint density at radius 3 is 2.72 bits per heavy atom. The molecule has 2 N–H and O–H groups in total. The number of carbonyl (C=O) groups excluding carboxylic acids is 3. The van der Waals surface area contributed by atoms with Gasteiger partial charge in [0.2, 0.25) is 5.91 Å². The second kappa shape index (κ2) is 8.19. The highest BCUT2D eigenvalue weighted by atomic mass is 79.9. The van der Waals surface area contributed by atoms with E-state index < -0.39 is 41.2 Å². The van der Waals surface area contributed by atoms with E-state index in [1.165, 1.54) is 23.4 Å². The summed E-state index contributed by atoms with van der Waals surface area (Å²) >= 11 is 4.65. The summed E-state index contributed by atoms with van der Waals surface area (Å²) in [7, 11) is 0. The van der Waals surface area contributed by atoms with Crippen LogP contribution in [-0.2, 0) is 23.9 Å².